The quantitative estimate of drug-likeness (QED) is 0.555. The number of carbonyl (C=O) groups is 2. The van der Waals surface area contributed by atoms with Crippen molar-refractivity contribution in [2.45, 2.75) is 13.0 Å². The average molecular weight is 413 g/mol. The Balaban J connectivity index is 1.77. The number of aromatic nitrogens is 3. The first-order valence-corrected chi connectivity index (χ1v) is 9.34. The molecule has 10 heteroatoms. The van der Waals surface area contributed by atoms with Crippen molar-refractivity contribution in [3.05, 3.63) is 41.3 Å². The van der Waals surface area contributed by atoms with E-state index in [1.54, 1.807) is 17.9 Å². The summed E-state index contributed by atoms with van der Waals surface area (Å²) in [6.07, 6.45) is 0. The van der Waals surface area contributed by atoms with E-state index >= 15 is 0 Å². The average Bonchev–Trinajstić information content (AvgIpc) is 3.14. The van der Waals surface area contributed by atoms with Gasteiger partial charge in [-0.25, -0.2) is 9.37 Å². The molecule has 0 radical (unpaired) electrons. The molecule has 156 valence electrons. The minimum Gasteiger partial charge on any atom is -0.505 e. The molecule has 0 bridgehead atoms. The summed E-state index contributed by atoms with van der Waals surface area (Å²) in [5.74, 6) is -1.99. The molecule has 9 nitrogen and oxygen atoms in total. The molecule has 2 aromatic heterocycles. The second-order valence-corrected chi connectivity index (χ2v) is 7.05. The lowest BCUT2D eigenvalue weighted by Crippen LogP contribution is -2.56. The van der Waals surface area contributed by atoms with Crippen molar-refractivity contribution < 1.29 is 23.8 Å². The van der Waals surface area contributed by atoms with Gasteiger partial charge < -0.3 is 20.1 Å². The van der Waals surface area contributed by atoms with Gasteiger partial charge in [0, 0.05) is 30.9 Å². The number of nitrogens with one attached hydrogen (secondary N) is 2. The Hall–Kier alpha value is -3.53. The molecule has 3 aromatic rings. The highest BCUT2D eigenvalue weighted by molar-refractivity contribution is 6.07. The van der Waals surface area contributed by atoms with Gasteiger partial charge in [0.05, 0.1) is 23.8 Å². The number of H-pyrrole nitrogens is 1. The van der Waals surface area contributed by atoms with Crippen molar-refractivity contribution in [3.63, 3.8) is 0 Å². The van der Waals surface area contributed by atoms with E-state index in [2.05, 4.69) is 20.5 Å². The van der Waals surface area contributed by atoms with Crippen LogP contribution in [-0.4, -0.2) is 69.9 Å². The number of methoxy groups -OCH3 is 1. The molecule has 1 saturated heterocycles. The van der Waals surface area contributed by atoms with Gasteiger partial charge in [-0.1, -0.05) is 0 Å². The molecule has 0 unspecified atom stereocenters. The second-order valence-electron chi connectivity index (χ2n) is 7.05. The molecule has 0 spiro atoms. The zero-order valence-corrected chi connectivity index (χ0v) is 16.4. The number of fused-ring (bicyclic) bond motifs is 1. The summed E-state index contributed by atoms with van der Waals surface area (Å²) in [5.41, 5.74) is 2.08. The number of phenols is 1. The number of piperazine rings is 1. The Bertz CT molecular complexity index is 1150. The molecule has 1 aromatic carbocycles. The lowest BCUT2D eigenvalue weighted by Gasteiger charge is -2.32. The van der Waals surface area contributed by atoms with Crippen LogP contribution in [0.4, 0.5) is 4.39 Å². The Labute approximate surface area is 170 Å². The first kappa shape index (κ1) is 19.8. The van der Waals surface area contributed by atoms with Crippen LogP contribution in [0.15, 0.2) is 24.3 Å². The fourth-order valence-electron chi connectivity index (χ4n) is 3.56. The van der Waals surface area contributed by atoms with Crippen LogP contribution in [0.2, 0.25) is 0 Å². The SMILES string of the molecule is COC(=O)[C@H]1CN(C(=O)c2cc(-c3ccc(O)c(F)c3)nc3n[nH]c(C)c23)CCN1. The van der Waals surface area contributed by atoms with Crippen molar-refractivity contribution in [1.82, 2.24) is 25.4 Å². The highest BCUT2D eigenvalue weighted by Crippen LogP contribution is 2.29. The van der Waals surface area contributed by atoms with E-state index in [4.69, 9.17) is 4.74 Å². The van der Waals surface area contributed by atoms with Gasteiger partial charge in [0.1, 0.15) is 6.04 Å². The van der Waals surface area contributed by atoms with E-state index in [1.807, 2.05) is 0 Å². The van der Waals surface area contributed by atoms with Crippen LogP contribution in [-0.2, 0) is 9.53 Å². The van der Waals surface area contributed by atoms with Gasteiger partial charge in [0.25, 0.3) is 5.91 Å². The number of pyridine rings is 1. The molecule has 1 atom stereocenters. The number of aromatic hydroxyl groups is 1. The van der Waals surface area contributed by atoms with Crippen LogP contribution in [0.25, 0.3) is 22.3 Å². The number of hydrogen-bond donors (Lipinski definition) is 3. The molecular formula is C20H20FN5O4. The van der Waals surface area contributed by atoms with Crippen LogP contribution < -0.4 is 5.32 Å². The van der Waals surface area contributed by atoms with Crippen LogP contribution in [0.1, 0.15) is 16.1 Å². The van der Waals surface area contributed by atoms with Gasteiger partial charge in [0.15, 0.2) is 17.2 Å². The molecular weight excluding hydrogens is 393 g/mol. The highest BCUT2D eigenvalue weighted by Gasteiger charge is 2.30. The molecule has 3 heterocycles. The number of phenolic OH excluding ortho intramolecular Hbond substituents is 1. The summed E-state index contributed by atoms with van der Waals surface area (Å²) in [4.78, 5) is 31.3. The molecule has 1 aliphatic rings. The van der Waals surface area contributed by atoms with E-state index in [0.717, 1.165) is 6.07 Å². The van der Waals surface area contributed by atoms with Gasteiger partial charge in [-0.15, -0.1) is 0 Å². The van der Waals surface area contributed by atoms with Gasteiger partial charge in [-0.05, 0) is 31.2 Å². The van der Waals surface area contributed by atoms with Crippen molar-refractivity contribution in [2.24, 2.45) is 0 Å². The van der Waals surface area contributed by atoms with Crippen molar-refractivity contribution >= 4 is 22.9 Å². The zero-order valence-electron chi connectivity index (χ0n) is 16.4. The number of benzene rings is 1. The number of esters is 1. The molecule has 0 saturated carbocycles. The Morgan fingerprint density at radius 1 is 1.33 bits per heavy atom. The van der Waals surface area contributed by atoms with Crippen LogP contribution in [0.5, 0.6) is 5.75 Å². The van der Waals surface area contributed by atoms with Gasteiger partial charge in [-0.3, -0.25) is 14.7 Å². The van der Waals surface area contributed by atoms with E-state index in [9.17, 15) is 19.1 Å². The van der Waals surface area contributed by atoms with E-state index in [-0.39, 0.29) is 12.5 Å². The van der Waals surface area contributed by atoms with Crippen molar-refractivity contribution in [3.8, 4) is 17.0 Å². The molecule has 30 heavy (non-hydrogen) atoms. The first-order valence-electron chi connectivity index (χ1n) is 9.34. The maximum absolute atomic E-state index is 13.9. The molecule has 1 amide bonds. The smallest absolute Gasteiger partial charge is 0.324 e. The lowest BCUT2D eigenvalue weighted by atomic mass is 10.0. The number of halogens is 1. The molecule has 4 rings (SSSR count). The third-order valence-electron chi connectivity index (χ3n) is 5.13. The predicted octanol–water partition coefficient (Wildman–Crippen LogP) is 1.37. The minimum absolute atomic E-state index is 0.162. The standard InChI is InChI=1S/C20H20FN5O4/c1-10-17-12(19(28)26-6-5-22-15(9-26)20(29)30-2)8-14(23-18(17)25-24-10)11-3-4-16(27)13(21)7-11/h3-4,7-8,15,22,27H,5-6,9H2,1-2H3,(H,23,24,25)/t15-/m1/s1. The van der Waals surface area contributed by atoms with Gasteiger partial charge in [0.2, 0.25) is 0 Å². The van der Waals surface area contributed by atoms with E-state index < -0.39 is 23.6 Å². The van der Waals surface area contributed by atoms with Gasteiger partial charge in [-0.2, -0.15) is 5.10 Å². The largest absolute Gasteiger partial charge is 0.505 e. The predicted molar refractivity (Wildman–Crippen MR) is 105 cm³/mol. The summed E-state index contributed by atoms with van der Waals surface area (Å²) in [5, 5.41) is 20.0. The summed E-state index contributed by atoms with van der Waals surface area (Å²) in [6.45, 7) is 2.80. The van der Waals surface area contributed by atoms with Crippen molar-refractivity contribution in [2.75, 3.05) is 26.7 Å². The Morgan fingerprint density at radius 2 is 2.13 bits per heavy atom. The first-order chi connectivity index (χ1) is 14.4. The van der Waals surface area contributed by atoms with Crippen molar-refractivity contribution in [1.29, 1.82) is 0 Å². The summed E-state index contributed by atoms with van der Waals surface area (Å²) >= 11 is 0. The fraction of sp³-hybridized carbons (Fsp3) is 0.300. The Morgan fingerprint density at radius 3 is 2.87 bits per heavy atom. The summed E-state index contributed by atoms with van der Waals surface area (Å²) in [6, 6.07) is 4.86. The van der Waals surface area contributed by atoms with E-state index in [1.165, 1.54) is 19.2 Å². The number of ether oxygens (including phenoxy) is 1. The number of carbonyl (C=O) groups excluding carboxylic acids is 2. The monoisotopic (exact) mass is 413 g/mol. The fourth-order valence-corrected chi connectivity index (χ4v) is 3.56. The lowest BCUT2D eigenvalue weighted by molar-refractivity contribution is -0.144. The Kier molecular flexibility index (Phi) is 5.08. The van der Waals surface area contributed by atoms with Crippen LogP contribution in [0, 0.1) is 12.7 Å². The summed E-state index contributed by atoms with van der Waals surface area (Å²) in [7, 11) is 1.30. The number of rotatable bonds is 3. The maximum atomic E-state index is 13.9. The van der Waals surface area contributed by atoms with Crippen LogP contribution >= 0.6 is 0 Å². The third kappa shape index (κ3) is 3.45. The minimum atomic E-state index is -0.788. The maximum Gasteiger partial charge on any atom is 0.324 e. The summed E-state index contributed by atoms with van der Waals surface area (Å²) < 4.78 is 18.6. The number of nitrogens with zero attached hydrogens (tertiary/aromatic N) is 3. The molecule has 1 aliphatic heterocycles. The van der Waals surface area contributed by atoms with Crippen LogP contribution in [0.3, 0.4) is 0 Å². The highest BCUT2D eigenvalue weighted by atomic mass is 19.1. The topological polar surface area (TPSA) is 120 Å². The number of aromatic amines is 1. The number of aryl methyl sites for hydroxylation is 1. The molecule has 1 fully saturated rings. The number of hydrogen-bond acceptors (Lipinski definition) is 7. The molecule has 0 aliphatic carbocycles. The zero-order chi connectivity index (χ0) is 21.4. The second kappa shape index (κ2) is 7.71. The van der Waals surface area contributed by atoms with E-state index in [0.29, 0.717) is 46.6 Å². The molecule has 3 N–H and O–H groups in total. The normalized spacial score (nSPS) is 16.6. The third-order valence-corrected chi connectivity index (χ3v) is 5.13. The number of amides is 1. The van der Waals surface area contributed by atoms with Gasteiger partial charge >= 0.3 is 5.97 Å².